The molecule has 0 aromatic rings. The van der Waals surface area contributed by atoms with Gasteiger partial charge < -0.3 is 9.47 Å². The van der Waals surface area contributed by atoms with Gasteiger partial charge in [-0.15, -0.1) is 0 Å². The second kappa shape index (κ2) is 12.3. The minimum atomic E-state index is -0.355. The molecule has 19 heavy (non-hydrogen) atoms. The maximum atomic E-state index is 11.2. The fourth-order valence-corrected chi connectivity index (χ4v) is 1.15. The van der Waals surface area contributed by atoms with E-state index in [-0.39, 0.29) is 37.9 Å². The molecule has 0 aromatic heterocycles. The highest BCUT2D eigenvalue weighted by atomic mass is 16.5. The molecule has 0 heterocycles. The molecular formula is C11H18N2O6. The molecule has 0 unspecified atom stereocenters. The highest BCUT2D eigenvalue weighted by Gasteiger charge is 2.04. The standard InChI is InChI=1S/C11H18N2O6/c14-8-18-6-2-1-4-10(16)12-13-11(17)5-3-7-19-9-15/h8-9H,1-7H2,(H,12,16)(H,13,17). The molecule has 8 heteroatoms. The van der Waals surface area contributed by atoms with Crippen LogP contribution in [0.25, 0.3) is 0 Å². The Labute approximate surface area is 110 Å². The predicted molar refractivity (Wildman–Crippen MR) is 63.4 cm³/mol. The van der Waals surface area contributed by atoms with Gasteiger partial charge in [0, 0.05) is 12.8 Å². The van der Waals surface area contributed by atoms with Gasteiger partial charge in [0.15, 0.2) is 0 Å². The molecule has 8 nitrogen and oxygen atoms in total. The summed E-state index contributed by atoms with van der Waals surface area (Å²) in [5.74, 6) is -0.671. The molecule has 0 bridgehead atoms. The van der Waals surface area contributed by atoms with Crippen LogP contribution in [0.4, 0.5) is 0 Å². The van der Waals surface area contributed by atoms with E-state index < -0.39 is 0 Å². The first-order valence-electron chi connectivity index (χ1n) is 5.89. The Morgan fingerprint density at radius 1 is 0.789 bits per heavy atom. The number of unbranched alkanes of at least 4 members (excludes halogenated alkanes) is 1. The number of hydrogen-bond acceptors (Lipinski definition) is 6. The van der Waals surface area contributed by atoms with Crippen molar-refractivity contribution in [2.75, 3.05) is 13.2 Å². The third kappa shape index (κ3) is 12.1. The molecular weight excluding hydrogens is 256 g/mol. The molecule has 2 N–H and O–H groups in total. The number of rotatable bonds is 11. The smallest absolute Gasteiger partial charge is 0.293 e. The van der Waals surface area contributed by atoms with E-state index in [1.165, 1.54) is 0 Å². The normalized spacial score (nSPS) is 9.26. The van der Waals surface area contributed by atoms with E-state index in [0.29, 0.717) is 32.2 Å². The first-order chi connectivity index (χ1) is 9.20. The zero-order valence-corrected chi connectivity index (χ0v) is 10.6. The highest BCUT2D eigenvalue weighted by Crippen LogP contribution is 1.95. The van der Waals surface area contributed by atoms with Gasteiger partial charge in [-0.05, 0) is 19.3 Å². The van der Waals surface area contributed by atoms with E-state index in [9.17, 15) is 19.2 Å². The topological polar surface area (TPSA) is 111 Å². The third-order valence-corrected chi connectivity index (χ3v) is 2.06. The number of ether oxygens (including phenoxy) is 2. The van der Waals surface area contributed by atoms with Gasteiger partial charge >= 0.3 is 0 Å². The van der Waals surface area contributed by atoms with Crippen LogP contribution in [-0.2, 0) is 28.7 Å². The average molecular weight is 274 g/mol. The maximum Gasteiger partial charge on any atom is 0.293 e. The number of amides is 2. The highest BCUT2D eigenvalue weighted by molar-refractivity contribution is 5.81. The molecule has 0 fully saturated rings. The van der Waals surface area contributed by atoms with E-state index in [0.717, 1.165) is 0 Å². The molecule has 0 aliphatic heterocycles. The molecule has 0 radical (unpaired) electrons. The summed E-state index contributed by atoms with van der Waals surface area (Å²) in [6, 6.07) is 0. The Balaban J connectivity index is 3.42. The summed E-state index contributed by atoms with van der Waals surface area (Å²) in [5.41, 5.74) is 4.50. The van der Waals surface area contributed by atoms with E-state index in [2.05, 4.69) is 20.3 Å². The van der Waals surface area contributed by atoms with Crippen molar-refractivity contribution >= 4 is 24.8 Å². The minimum absolute atomic E-state index is 0.154. The molecule has 0 aromatic carbocycles. The third-order valence-electron chi connectivity index (χ3n) is 2.06. The Morgan fingerprint density at radius 3 is 1.79 bits per heavy atom. The quantitative estimate of drug-likeness (QED) is 0.296. The van der Waals surface area contributed by atoms with Crippen molar-refractivity contribution < 1.29 is 28.7 Å². The Hall–Kier alpha value is -2.12. The van der Waals surface area contributed by atoms with Gasteiger partial charge in [0.1, 0.15) is 0 Å². The van der Waals surface area contributed by atoms with Crippen LogP contribution in [0.3, 0.4) is 0 Å². The molecule has 0 atom stereocenters. The van der Waals surface area contributed by atoms with Crippen molar-refractivity contribution in [1.82, 2.24) is 10.9 Å². The van der Waals surface area contributed by atoms with Crippen molar-refractivity contribution in [3.8, 4) is 0 Å². The summed E-state index contributed by atoms with van der Waals surface area (Å²) in [4.78, 5) is 42.1. The molecule has 0 saturated carbocycles. The molecule has 0 aliphatic carbocycles. The lowest BCUT2D eigenvalue weighted by atomic mass is 10.2. The second-order valence-corrected chi connectivity index (χ2v) is 3.59. The summed E-state index contributed by atoms with van der Waals surface area (Å²) in [6.07, 6.45) is 1.92. The monoisotopic (exact) mass is 274 g/mol. The van der Waals surface area contributed by atoms with E-state index >= 15 is 0 Å². The molecule has 0 spiro atoms. The summed E-state index contributed by atoms with van der Waals surface area (Å²) >= 11 is 0. The maximum absolute atomic E-state index is 11.2. The fraction of sp³-hybridized carbons (Fsp3) is 0.636. The first-order valence-corrected chi connectivity index (χ1v) is 5.89. The Bertz CT molecular complexity index is 295. The summed E-state index contributed by atoms with van der Waals surface area (Å²) < 4.78 is 8.87. The van der Waals surface area contributed by atoms with Crippen LogP contribution in [0.2, 0.25) is 0 Å². The van der Waals surface area contributed by atoms with Crippen LogP contribution >= 0.6 is 0 Å². The second-order valence-electron chi connectivity index (χ2n) is 3.59. The minimum Gasteiger partial charge on any atom is -0.468 e. The lowest BCUT2D eigenvalue weighted by Crippen LogP contribution is -2.41. The SMILES string of the molecule is O=COCCCCC(=O)NNC(=O)CCCOC=O. The predicted octanol–water partition coefficient (Wildman–Crippen LogP) is -0.570. The Morgan fingerprint density at radius 2 is 1.26 bits per heavy atom. The lowest BCUT2D eigenvalue weighted by Gasteiger charge is -2.07. The summed E-state index contributed by atoms with van der Waals surface area (Å²) in [7, 11) is 0. The van der Waals surface area contributed by atoms with Crippen LogP contribution < -0.4 is 10.9 Å². The van der Waals surface area contributed by atoms with Crippen molar-refractivity contribution in [3.63, 3.8) is 0 Å². The number of carbonyl (C=O) groups excluding carboxylic acids is 4. The van der Waals surface area contributed by atoms with Gasteiger partial charge in [-0.25, -0.2) is 0 Å². The van der Waals surface area contributed by atoms with Crippen LogP contribution in [0, 0.1) is 0 Å². The van der Waals surface area contributed by atoms with Crippen molar-refractivity contribution in [3.05, 3.63) is 0 Å². The molecule has 108 valence electrons. The number of carbonyl (C=O) groups is 4. The molecule has 2 amide bonds. The van der Waals surface area contributed by atoms with E-state index in [1.807, 2.05) is 0 Å². The molecule has 0 saturated heterocycles. The Kier molecular flexibility index (Phi) is 11.0. The zero-order chi connectivity index (χ0) is 14.3. The van der Waals surface area contributed by atoms with E-state index in [1.54, 1.807) is 0 Å². The van der Waals surface area contributed by atoms with Crippen LogP contribution in [0.5, 0.6) is 0 Å². The number of hydrogen-bond donors (Lipinski definition) is 2. The van der Waals surface area contributed by atoms with E-state index in [4.69, 9.17) is 0 Å². The van der Waals surface area contributed by atoms with Crippen LogP contribution in [0.15, 0.2) is 0 Å². The lowest BCUT2D eigenvalue weighted by molar-refractivity contribution is -0.131. The van der Waals surface area contributed by atoms with Crippen molar-refractivity contribution in [2.45, 2.75) is 32.1 Å². The van der Waals surface area contributed by atoms with Gasteiger partial charge in [-0.1, -0.05) is 0 Å². The van der Waals surface area contributed by atoms with Gasteiger partial charge in [0.2, 0.25) is 11.8 Å². The summed E-state index contributed by atoms with van der Waals surface area (Å²) in [6.45, 7) is 1.12. The largest absolute Gasteiger partial charge is 0.468 e. The van der Waals surface area contributed by atoms with Gasteiger partial charge in [0.25, 0.3) is 12.9 Å². The molecule has 0 rings (SSSR count). The summed E-state index contributed by atoms with van der Waals surface area (Å²) in [5, 5.41) is 0. The van der Waals surface area contributed by atoms with Crippen LogP contribution in [-0.4, -0.2) is 38.0 Å². The van der Waals surface area contributed by atoms with Gasteiger partial charge in [-0.2, -0.15) is 0 Å². The van der Waals surface area contributed by atoms with Gasteiger partial charge in [0.05, 0.1) is 13.2 Å². The van der Waals surface area contributed by atoms with Crippen molar-refractivity contribution in [1.29, 1.82) is 0 Å². The van der Waals surface area contributed by atoms with Gasteiger partial charge in [-0.3, -0.25) is 30.0 Å². The first kappa shape index (κ1) is 16.9. The number of nitrogens with one attached hydrogen (secondary N) is 2. The average Bonchev–Trinajstić information content (AvgIpc) is 2.41. The number of hydrazine groups is 1. The molecule has 0 aliphatic rings. The van der Waals surface area contributed by atoms with Crippen molar-refractivity contribution in [2.24, 2.45) is 0 Å². The fourth-order valence-electron chi connectivity index (χ4n) is 1.15. The zero-order valence-electron chi connectivity index (χ0n) is 10.6. The van der Waals surface area contributed by atoms with Crippen LogP contribution in [0.1, 0.15) is 32.1 Å².